The van der Waals surface area contributed by atoms with Crippen LogP contribution in [-0.4, -0.2) is 30.8 Å². The van der Waals surface area contributed by atoms with E-state index in [1.807, 2.05) is 0 Å². The van der Waals surface area contributed by atoms with Crippen LogP contribution in [0, 0.1) is 5.82 Å². The number of amides is 2. The van der Waals surface area contributed by atoms with Crippen LogP contribution >= 0.6 is 0 Å². The topological polar surface area (TPSA) is 93.7 Å². The number of carbonyl (C=O) groups excluding carboxylic acids is 3. The van der Waals surface area contributed by atoms with Crippen molar-refractivity contribution in [2.24, 2.45) is 0 Å². The van der Waals surface area contributed by atoms with Gasteiger partial charge in [0.15, 0.2) is 6.61 Å². The number of esters is 1. The fraction of sp³-hybridized carbons (Fsp3) is 0.211. The average molecular weight is 426 g/mol. The van der Waals surface area contributed by atoms with E-state index in [4.69, 9.17) is 4.74 Å². The molecule has 0 saturated heterocycles. The zero-order valence-electron chi connectivity index (χ0n) is 15.1. The Morgan fingerprint density at radius 1 is 1.13 bits per heavy atom. The van der Waals surface area contributed by atoms with Gasteiger partial charge in [-0.15, -0.1) is 13.2 Å². The van der Waals surface area contributed by atoms with Gasteiger partial charge in [-0.3, -0.25) is 14.4 Å². The van der Waals surface area contributed by atoms with E-state index in [0.717, 1.165) is 24.3 Å². The van der Waals surface area contributed by atoms with Crippen molar-refractivity contribution < 1.29 is 41.4 Å². The standard InChI is InChI=1S/C19H14F4N2O5/c20-10-1-6-13-14(8-16(26)25-15(13)7-10)18(28)29-9-17(27)24-11-2-4-12(5-3-11)30-19(21,22)23/h1-7,14H,8-9H2,(H,24,27)(H,25,26). The van der Waals surface area contributed by atoms with Gasteiger partial charge in [-0.2, -0.15) is 0 Å². The number of anilines is 2. The Hall–Kier alpha value is -3.63. The summed E-state index contributed by atoms with van der Waals surface area (Å²) >= 11 is 0. The van der Waals surface area contributed by atoms with Gasteiger partial charge in [0.1, 0.15) is 11.6 Å². The molecular weight excluding hydrogens is 412 g/mol. The minimum Gasteiger partial charge on any atom is -0.455 e. The maximum atomic E-state index is 13.3. The lowest BCUT2D eigenvalue weighted by molar-refractivity contribution is -0.274. The highest BCUT2D eigenvalue weighted by atomic mass is 19.4. The van der Waals surface area contributed by atoms with E-state index >= 15 is 0 Å². The number of rotatable bonds is 5. The van der Waals surface area contributed by atoms with Crippen LogP contribution in [0.3, 0.4) is 0 Å². The van der Waals surface area contributed by atoms with Crippen molar-refractivity contribution in [3.63, 3.8) is 0 Å². The van der Waals surface area contributed by atoms with Crippen LogP contribution in [0.2, 0.25) is 0 Å². The van der Waals surface area contributed by atoms with Gasteiger partial charge >= 0.3 is 12.3 Å². The fourth-order valence-electron chi connectivity index (χ4n) is 2.82. The third-order valence-electron chi connectivity index (χ3n) is 4.06. The maximum Gasteiger partial charge on any atom is 0.573 e. The predicted molar refractivity (Wildman–Crippen MR) is 95.1 cm³/mol. The van der Waals surface area contributed by atoms with E-state index in [-0.39, 0.29) is 17.8 Å². The molecular formula is C19H14F4N2O5. The van der Waals surface area contributed by atoms with Crippen molar-refractivity contribution in [1.82, 2.24) is 0 Å². The van der Waals surface area contributed by atoms with Gasteiger partial charge in [0.25, 0.3) is 5.91 Å². The van der Waals surface area contributed by atoms with E-state index in [9.17, 15) is 31.9 Å². The van der Waals surface area contributed by atoms with E-state index in [1.165, 1.54) is 18.2 Å². The normalized spacial score (nSPS) is 15.6. The molecule has 1 aliphatic rings. The number of fused-ring (bicyclic) bond motifs is 1. The second kappa shape index (κ2) is 8.39. The molecule has 0 aromatic heterocycles. The number of carbonyl (C=O) groups is 3. The average Bonchev–Trinajstić information content (AvgIpc) is 2.65. The molecule has 2 aromatic rings. The summed E-state index contributed by atoms with van der Waals surface area (Å²) in [6.45, 7) is -0.686. The number of hydrogen-bond acceptors (Lipinski definition) is 5. The first-order valence-electron chi connectivity index (χ1n) is 8.52. The molecule has 3 rings (SSSR count). The molecule has 1 aliphatic heterocycles. The summed E-state index contributed by atoms with van der Waals surface area (Å²) in [5, 5.41) is 4.80. The summed E-state index contributed by atoms with van der Waals surface area (Å²) < 4.78 is 58.4. The van der Waals surface area contributed by atoms with Crippen molar-refractivity contribution in [3.8, 4) is 5.75 Å². The Labute approximate surface area is 167 Å². The van der Waals surface area contributed by atoms with E-state index in [2.05, 4.69) is 15.4 Å². The van der Waals surface area contributed by atoms with Crippen LogP contribution < -0.4 is 15.4 Å². The third kappa shape index (κ3) is 5.46. The fourth-order valence-corrected chi connectivity index (χ4v) is 2.82. The lowest BCUT2D eigenvalue weighted by atomic mass is 9.90. The zero-order chi connectivity index (χ0) is 21.9. The molecule has 1 atom stereocenters. The Kier molecular flexibility index (Phi) is 5.90. The van der Waals surface area contributed by atoms with Gasteiger partial charge in [-0.1, -0.05) is 6.07 Å². The summed E-state index contributed by atoms with van der Waals surface area (Å²) in [4.78, 5) is 36.0. The highest BCUT2D eigenvalue weighted by Gasteiger charge is 2.33. The molecule has 158 valence electrons. The highest BCUT2D eigenvalue weighted by molar-refractivity contribution is 6.00. The van der Waals surface area contributed by atoms with Gasteiger partial charge in [0.2, 0.25) is 5.91 Å². The first kappa shape index (κ1) is 21.1. The molecule has 0 fully saturated rings. The summed E-state index contributed by atoms with van der Waals surface area (Å²) in [6, 6.07) is 7.92. The van der Waals surface area contributed by atoms with Crippen molar-refractivity contribution in [1.29, 1.82) is 0 Å². The summed E-state index contributed by atoms with van der Waals surface area (Å²) in [7, 11) is 0. The Morgan fingerprint density at radius 2 is 1.83 bits per heavy atom. The van der Waals surface area contributed by atoms with Gasteiger partial charge in [-0.25, -0.2) is 4.39 Å². The van der Waals surface area contributed by atoms with Crippen molar-refractivity contribution in [2.75, 3.05) is 17.2 Å². The number of ether oxygens (including phenoxy) is 2. The Bertz CT molecular complexity index is 976. The quantitative estimate of drug-likeness (QED) is 0.565. The number of halogens is 4. The largest absolute Gasteiger partial charge is 0.573 e. The summed E-state index contributed by atoms with van der Waals surface area (Å²) in [6.07, 6.45) is -5.06. The minimum absolute atomic E-state index is 0.152. The van der Waals surface area contributed by atoms with Gasteiger partial charge in [0.05, 0.1) is 5.92 Å². The second-order valence-electron chi connectivity index (χ2n) is 6.26. The monoisotopic (exact) mass is 426 g/mol. The van der Waals surface area contributed by atoms with Crippen molar-refractivity contribution in [3.05, 3.63) is 53.8 Å². The van der Waals surface area contributed by atoms with Gasteiger partial charge < -0.3 is 20.1 Å². The molecule has 0 radical (unpaired) electrons. The molecule has 7 nitrogen and oxygen atoms in total. The molecule has 0 bridgehead atoms. The molecule has 2 aromatic carbocycles. The molecule has 1 heterocycles. The molecule has 0 aliphatic carbocycles. The lowest BCUT2D eigenvalue weighted by Gasteiger charge is -2.24. The minimum atomic E-state index is -4.83. The lowest BCUT2D eigenvalue weighted by Crippen LogP contribution is -2.30. The zero-order valence-corrected chi connectivity index (χ0v) is 15.1. The SMILES string of the molecule is O=C(COC(=O)C1CC(=O)Nc2cc(F)ccc21)Nc1ccc(OC(F)(F)F)cc1. The Morgan fingerprint density at radius 3 is 2.50 bits per heavy atom. The van der Waals surface area contributed by atoms with Crippen LogP contribution in [-0.2, 0) is 19.1 Å². The van der Waals surface area contributed by atoms with Crippen LogP contribution in [0.15, 0.2) is 42.5 Å². The molecule has 11 heteroatoms. The number of benzene rings is 2. The van der Waals surface area contributed by atoms with E-state index in [1.54, 1.807) is 0 Å². The summed E-state index contributed by atoms with van der Waals surface area (Å²) in [5.41, 5.74) is 0.670. The molecule has 0 saturated carbocycles. The predicted octanol–water partition coefficient (Wildman–Crippen LogP) is 3.33. The number of hydrogen-bond donors (Lipinski definition) is 2. The number of nitrogens with one attached hydrogen (secondary N) is 2. The Balaban J connectivity index is 1.56. The number of alkyl halides is 3. The van der Waals surface area contributed by atoms with Crippen LogP contribution in [0.4, 0.5) is 28.9 Å². The molecule has 0 spiro atoms. The first-order chi connectivity index (χ1) is 14.1. The smallest absolute Gasteiger partial charge is 0.455 e. The first-order valence-corrected chi connectivity index (χ1v) is 8.52. The molecule has 1 unspecified atom stereocenters. The summed E-state index contributed by atoms with van der Waals surface area (Å²) in [5.74, 6) is -4.14. The van der Waals surface area contributed by atoms with Crippen molar-refractivity contribution >= 4 is 29.2 Å². The van der Waals surface area contributed by atoms with E-state index in [0.29, 0.717) is 5.56 Å². The van der Waals surface area contributed by atoms with Crippen LogP contribution in [0.1, 0.15) is 17.9 Å². The van der Waals surface area contributed by atoms with Crippen LogP contribution in [0.25, 0.3) is 0 Å². The molecule has 2 amide bonds. The maximum absolute atomic E-state index is 13.3. The van der Waals surface area contributed by atoms with Crippen molar-refractivity contribution in [2.45, 2.75) is 18.7 Å². The second-order valence-corrected chi connectivity index (χ2v) is 6.26. The highest BCUT2D eigenvalue weighted by Crippen LogP contribution is 2.33. The van der Waals surface area contributed by atoms with Gasteiger partial charge in [0, 0.05) is 17.8 Å². The molecule has 30 heavy (non-hydrogen) atoms. The molecule has 2 N–H and O–H groups in total. The van der Waals surface area contributed by atoms with Crippen LogP contribution in [0.5, 0.6) is 5.75 Å². The van der Waals surface area contributed by atoms with Gasteiger partial charge in [-0.05, 0) is 42.0 Å². The third-order valence-corrected chi connectivity index (χ3v) is 4.06. The van der Waals surface area contributed by atoms with E-state index < -0.39 is 48.2 Å².